The quantitative estimate of drug-likeness (QED) is 0.578. The highest BCUT2D eigenvalue weighted by Gasteiger charge is 2.38. The molecule has 0 aromatic rings. The van der Waals surface area contributed by atoms with Gasteiger partial charge in [0.05, 0.1) is 12.7 Å². The van der Waals surface area contributed by atoms with Gasteiger partial charge in [0.2, 0.25) is 0 Å². The Kier molecular flexibility index (Phi) is 3.44. The van der Waals surface area contributed by atoms with E-state index < -0.39 is 0 Å². The van der Waals surface area contributed by atoms with Crippen molar-refractivity contribution in [1.82, 2.24) is 0 Å². The molecule has 1 aliphatic heterocycles. The molecule has 13 heavy (non-hydrogen) atoms. The molecule has 3 nitrogen and oxygen atoms in total. The summed E-state index contributed by atoms with van der Waals surface area (Å²) in [5.74, 6) is 2.60. The Hall–Kier alpha value is -0.880. The summed E-state index contributed by atoms with van der Waals surface area (Å²) in [5.41, 5.74) is -0.179. The molecule has 1 heterocycles. The molecule has 3 heteroatoms. The monoisotopic (exact) mass is 180 g/mol. The molecule has 0 saturated heterocycles. The van der Waals surface area contributed by atoms with Crippen molar-refractivity contribution >= 4 is 0 Å². The van der Waals surface area contributed by atoms with Crippen LogP contribution in [0.25, 0.3) is 0 Å². The molecule has 0 radical (unpaired) electrons. The van der Waals surface area contributed by atoms with E-state index in [1.807, 2.05) is 13.8 Å². The van der Waals surface area contributed by atoms with Gasteiger partial charge in [0.15, 0.2) is 5.66 Å². The maximum Gasteiger partial charge on any atom is 0.194 e. The SMILES string of the molecule is C#CCCC1(CCOC(C)C)N=N1. The summed E-state index contributed by atoms with van der Waals surface area (Å²) >= 11 is 0. The first kappa shape index (κ1) is 10.2. The lowest BCUT2D eigenvalue weighted by atomic mass is 10.1. The van der Waals surface area contributed by atoms with Crippen molar-refractivity contribution in [2.24, 2.45) is 10.2 Å². The van der Waals surface area contributed by atoms with E-state index >= 15 is 0 Å². The van der Waals surface area contributed by atoms with Crippen LogP contribution in [0.15, 0.2) is 10.2 Å². The average molecular weight is 180 g/mol. The van der Waals surface area contributed by atoms with Crippen molar-refractivity contribution in [3.63, 3.8) is 0 Å². The Balaban J connectivity index is 2.10. The summed E-state index contributed by atoms with van der Waals surface area (Å²) in [7, 11) is 0. The Morgan fingerprint density at radius 1 is 1.38 bits per heavy atom. The van der Waals surface area contributed by atoms with E-state index in [0.29, 0.717) is 0 Å². The van der Waals surface area contributed by atoms with Gasteiger partial charge in [-0.05, 0) is 13.8 Å². The van der Waals surface area contributed by atoms with Crippen molar-refractivity contribution in [2.45, 2.75) is 44.9 Å². The predicted octanol–water partition coefficient (Wildman–Crippen LogP) is 2.38. The summed E-state index contributed by atoms with van der Waals surface area (Å²) in [6, 6.07) is 0. The van der Waals surface area contributed by atoms with Gasteiger partial charge < -0.3 is 4.74 Å². The molecule has 0 bridgehead atoms. The second-order valence-corrected chi connectivity index (χ2v) is 3.56. The topological polar surface area (TPSA) is 34.0 Å². The minimum Gasteiger partial charge on any atom is -0.379 e. The first-order valence-corrected chi connectivity index (χ1v) is 4.68. The first-order valence-electron chi connectivity index (χ1n) is 4.68. The van der Waals surface area contributed by atoms with Gasteiger partial charge in [-0.3, -0.25) is 0 Å². The molecular weight excluding hydrogens is 164 g/mol. The highest BCUT2D eigenvalue weighted by molar-refractivity contribution is 4.97. The molecule has 0 atom stereocenters. The third kappa shape index (κ3) is 3.56. The van der Waals surface area contributed by atoms with Crippen molar-refractivity contribution in [1.29, 1.82) is 0 Å². The van der Waals surface area contributed by atoms with E-state index in [9.17, 15) is 0 Å². The van der Waals surface area contributed by atoms with Crippen LogP contribution in [0.1, 0.15) is 33.1 Å². The van der Waals surface area contributed by atoms with Crippen LogP contribution in [-0.4, -0.2) is 18.4 Å². The molecule has 0 N–H and O–H groups in total. The van der Waals surface area contributed by atoms with Crippen molar-refractivity contribution in [3.05, 3.63) is 0 Å². The van der Waals surface area contributed by atoms with Gasteiger partial charge >= 0.3 is 0 Å². The molecule has 1 rings (SSSR count). The third-order valence-corrected chi connectivity index (χ3v) is 2.01. The van der Waals surface area contributed by atoms with Crippen LogP contribution in [0.3, 0.4) is 0 Å². The second-order valence-electron chi connectivity index (χ2n) is 3.56. The molecule has 0 fully saturated rings. The summed E-state index contributed by atoms with van der Waals surface area (Å²) < 4.78 is 5.43. The molecular formula is C10H16N2O. The Morgan fingerprint density at radius 2 is 2.08 bits per heavy atom. The maximum absolute atomic E-state index is 5.43. The predicted molar refractivity (Wildman–Crippen MR) is 51.4 cm³/mol. The summed E-state index contributed by atoms with van der Waals surface area (Å²) in [6.45, 7) is 4.76. The van der Waals surface area contributed by atoms with E-state index in [1.165, 1.54) is 0 Å². The van der Waals surface area contributed by atoms with Gasteiger partial charge in [0, 0.05) is 19.3 Å². The van der Waals surface area contributed by atoms with E-state index in [1.54, 1.807) is 0 Å². The molecule has 0 aromatic carbocycles. The molecule has 0 unspecified atom stereocenters. The van der Waals surface area contributed by atoms with E-state index in [4.69, 9.17) is 11.2 Å². The van der Waals surface area contributed by atoms with Gasteiger partial charge in [0.25, 0.3) is 0 Å². The van der Waals surface area contributed by atoms with Gasteiger partial charge in [-0.2, -0.15) is 10.2 Å². The zero-order chi connectivity index (χ0) is 9.73. The van der Waals surface area contributed by atoms with Gasteiger partial charge in [0.1, 0.15) is 0 Å². The summed E-state index contributed by atoms with van der Waals surface area (Å²) in [5, 5.41) is 8.04. The lowest BCUT2D eigenvalue weighted by Gasteiger charge is -2.10. The largest absolute Gasteiger partial charge is 0.379 e. The number of nitrogens with zero attached hydrogens (tertiary/aromatic N) is 2. The third-order valence-electron chi connectivity index (χ3n) is 2.01. The fraction of sp³-hybridized carbons (Fsp3) is 0.800. The molecule has 72 valence electrons. The standard InChI is InChI=1S/C10H16N2O/c1-4-5-6-10(11-12-10)7-8-13-9(2)3/h1,9H,5-8H2,2-3H3. The number of ether oxygens (including phenoxy) is 1. The van der Waals surface area contributed by atoms with Gasteiger partial charge in [-0.15, -0.1) is 12.3 Å². The van der Waals surface area contributed by atoms with Gasteiger partial charge in [-0.1, -0.05) is 0 Å². The fourth-order valence-corrected chi connectivity index (χ4v) is 1.13. The van der Waals surface area contributed by atoms with Crippen LogP contribution >= 0.6 is 0 Å². The molecule has 0 aliphatic carbocycles. The zero-order valence-electron chi connectivity index (χ0n) is 8.29. The van der Waals surface area contributed by atoms with Crippen molar-refractivity contribution in [3.8, 4) is 12.3 Å². The first-order chi connectivity index (χ1) is 6.18. The molecule has 0 aromatic heterocycles. The number of hydrogen-bond donors (Lipinski definition) is 0. The zero-order valence-corrected chi connectivity index (χ0v) is 8.29. The lowest BCUT2D eigenvalue weighted by molar-refractivity contribution is 0.0703. The Bertz CT molecular complexity index is 222. The van der Waals surface area contributed by atoms with Crippen LogP contribution in [0.4, 0.5) is 0 Å². The highest BCUT2D eigenvalue weighted by atomic mass is 16.5. The normalized spacial score (nSPS) is 17.4. The van der Waals surface area contributed by atoms with Crippen LogP contribution in [0.2, 0.25) is 0 Å². The number of hydrogen-bond acceptors (Lipinski definition) is 3. The molecule has 0 amide bonds. The highest BCUT2D eigenvalue weighted by Crippen LogP contribution is 2.36. The smallest absolute Gasteiger partial charge is 0.194 e. The van der Waals surface area contributed by atoms with Crippen LogP contribution < -0.4 is 0 Å². The van der Waals surface area contributed by atoms with Crippen LogP contribution in [0.5, 0.6) is 0 Å². The Labute approximate surface area is 79.6 Å². The van der Waals surface area contributed by atoms with Crippen LogP contribution in [0, 0.1) is 12.3 Å². The van der Waals surface area contributed by atoms with E-state index in [2.05, 4.69) is 16.1 Å². The van der Waals surface area contributed by atoms with Crippen molar-refractivity contribution in [2.75, 3.05) is 6.61 Å². The van der Waals surface area contributed by atoms with E-state index in [-0.39, 0.29) is 11.8 Å². The van der Waals surface area contributed by atoms with Crippen molar-refractivity contribution < 1.29 is 4.74 Å². The Morgan fingerprint density at radius 3 is 2.54 bits per heavy atom. The molecule has 1 aliphatic rings. The fourth-order valence-electron chi connectivity index (χ4n) is 1.13. The van der Waals surface area contributed by atoms with Crippen LogP contribution in [-0.2, 0) is 4.74 Å². The summed E-state index contributed by atoms with van der Waals surface area (Å²) in [6.07, 6.45) is 7.94. The number of terminal acetylenes is 1. The second kappa shape index (κ2) is 4.38. The minimum atomic E-state index is -0.179. The molecule has 0 spiro atoms. The molecule has 0 saturated carbocycles. The maximum atomic E-state index is 5.43. The minimum absolute atomic E-state index is 0.179. The van der Waals surface area contributed by atoms with E-state index in [0.717, 1.165) is 25.9 Å². The summed E-state index contributed by atoms with van der Waals surface area (Å²) in [4.78, 5) is 0. The average Bonchev–Trinajstić information content (AvgIpc) is 2.82. The van der Waals surface area contributed by atoms with Gasteiger partial charge in [-0.25, -0.2) is 0 Å². The lowest BCUT2D eigenvalue weighted by Crippen LogP contribution is -2.16. The number of rotatable bonds is 6.